The lowest BCUT2D eigenvalue weighted by atomic mass is 9.71. The molecule has 1 aliphatic rings. The van der Waals surface area contributed by atoms with E-state index in [1.807, 2.05) is 0 Å². The van der Waals surface area contributed by atoms with Crippen molar-refractivity contribution in [3.63, 3.8) is 0 Å². The second-order valence-corrected chi connectivity index (χ2v) is 7.99. The van der Waals surface area contributed by atoms with Gasteiger partial charge in [-0.1, -0.05) is 13.3 Å². The number of halogens is 2. The lowest BCUT2D eigenvalue weighted by Gasteiger charge is -2.34. The highest BCUT2D eigenvalue weighted by atomic mass is 19.3. The van der Waals surface area contributed by atoms with Crippen LogP contribution in [-0.2, 0) is 0 Å². The summed E-state index contributed by atoms with van der Waals surface area (Å²) in [6.45, 7) is 2.09. The molecule has 0 aliphatic heterocycles. The molecule has 0 amide bonds. The molecule has 0 aromatic carbocycles. The third-order valence-electron chi connectivity index (χ3n) is 6.38. The minimum atomic E-state index is -2.62. The highest BCUT2D eigenvalue weighted by Crippen LogP contribution is 2.44. The first kappa shape index (κ1) is 23.0. The Morgan fingerprint density at radius 1 is 1.10 bits per heavy atom. The molecule has 0 spiro atoms. The van der Waals surface area contributed by atoms with E-state index in [4.69, 9.17) is 9.47 Å². The van der Waals surface area contributed by atoms with Crippen LogP contribution in [0.25, 0.3) is 0 Å². The van der Waals surface area contributed by atoms with Crippen LogP contribution in [-0.4, -0.2) is 35.0 Å². The molecule has 1 fully saturated rings. The van der Waals surface area contributed by atoms with Crippen LogP contribution in [0.4, 0.5) is 8.78 Å². The number of rotatable bonds is 9. The second-order valence-electron chi connectivity index (χ2n) is 7.99. The Kier molecular flexibility index (Phi) is 7.87. The molecule has 8 heteroatoms. The summed E-state index contributed by atoms with van der Waals surface area (Å²) in [6, 6.07) is 1.93. The smallest absolute Gasteiger partial charge is 0.316 e. The average molecular weight is 433 g/mol. The Balaban J connectivity index is 1.64. The van der Waals surface area contributed by atoms with Crippen LogP contribution in [0, 0.1) is 11.8 Å². The van der Waals surface area contributed by atoms with Gasteiger partial charge in [-0.3, -0.25) is 4.79 Å². The fourth-order valence-electron chi connectivity index (χ4n) is 4.67. The zero-order valence-corrected chi connectivity index (χ0v) is 18.2. The fourth-order valence-corrected chi connectivity index (χ4v) is 4.67. The van der Waals surface area contributed by atoms with Gasteiger partial charge in [0.25, 0.3) is 6.43 Å². The van der Waals surface area contributed by atoms with Gasteiger partial charge >= 0.3 is 6.01 Å². The maximum absolute atomic E-state index is 13.7. The number of hydrogen-bond acceptors (Lipinski definition) is 6. The first-order valence-electron chi connectivity index (χ1n) is 10.7. The van der Waals surface area contributed by atoms with Gasteiger partial charge in [0.1, 0.15) is 0 Å². The van der Waals surface area contributed by atoms with Gasteiger partial charge < -0.3 is 9.47 Å². The summed E-state index contributed by atoms with van der Waals surface area (Å²) >= 11 is 0. The molecule has 0 N–H and O–H groups in total. The van der Waals surface area contributed by atoms with E-state index in [2.05, 4.69) is 21.9 Å². The maximum atomic E-state index is 13.7. The molecule has 2 aromatic heterocycles. The first-order chi connectivity index (χ1) is 15.0. The molecule has 1 saturated carbocycles. The second kappa shape index (κ2) is 10.6. The molecule has 3 rings (SSSR count). The Bertz CT molecular complexity index is 869. The van der Waals surface area contributed by atoms with Crippen LogP contribution in [0.3, 0.4) is 0 Å². The van der Waals surface area contributed by atoms with Gasteiger partial charge in [0.15, 0.2) is 5.78 Å². The van der Waals surface area contributed by atoms with Crippen LogP contribution >= 0.6 is 0 Å². The van der Waals surface area contributed by atoms with Crippen molar-refractivity contribution in [1.82, 2.24) is 15.0 Å². The summed E-state index contributed by atoms with van der Waals surface area (Å²) < 4.78 is 37.3. The maximum Gasteiger partial charge on any atom is 0.316 e. The van der Waals surface area contributed by atoms with E-state index in [1.165, 1.54) is 32.8 Å². The molecule has 2 aromatic rings. The van der Waals surface area contributed by atoms with Gasteiger partial charge in [-0.15, -0.1) is 0 Å². The number of pyridine rings is 1. The Labute approximate surface area is 181 Å². The molecule has 0 unspecified atom stereocenters. The van der Waals surface area contributed by atoms with E-state index in [0.717, 1.165) is 32.1 Å². The summed E-state index contributed by atoms with van der Waals surface area (Å²) in [5.41, 5.74) is 1.04. The van der Waals surface area contributed by atoms with Crippen LogP contribution in [0.5, 0.6) is 11.9 Å². The molecule has 0 radical (unpaired) electrons. The van der Waals surface area contributed by atoms with Crippen molar-refractivity contribution in [2.24, 2.45) is 11.8 Å². The number of carbonyl (C=O) groups excluding carboxylic acids is 1. The Hall–Kier alpha value is -2.64. The number of ether oxygens (including phenoxy) is 2. The third kappa shape index (κ3) is 5.35. The molecule has 6 nitrogen and oxygen atoms in total. The lowest BCUT2D eigenvalue weighted by molar-refractivity contribution is 0.0923. The number of nitrogens with zero attached hydrogens (tertiary/aromatic N) is 3. The minimum absolute atomic E-state index is 0.00775. The van der Waals surface area contributed by atoms with Crippen molar-refractivity contribution in [3.05, 3.63) is 41.3 Å². The Morgan fingerprint density at radius 3 is 2.32 bits per heavy atom. The van der Waals surface area contributed by atoms with E-state index >= 15 is 0 Å². The van der Waals surface area contributed by atoms with Crippen molar-refractivity contribution in [1.29, 1.82) is 0 Å². The van der Waals surface area contributed by atoms with Gasteiger partial charge in [0.2, 0.25) is 5.88 Å². The molecule has 31 heavy (non-hydrogen) atoms. The summed E-state index contributed by atoms with van der Waals surface area (Å²) in [6.07, 6.45) is 6.69. The number of carbonyl (C=O) groups is 1. The van der Waals surface area contributed by atoms with Crippen LogP contribution < -0.4 is 9.47 Å². The van der Waals surface area contributed by atoms with Crippen molar-refractivity contribution in [3.8, 4) is 11.9 Å². The molecule has 2 heterocycles. The summed E-state index contributed by atoms with van der Waals surface area (Å²) in [7, 11) is 2.85. The van der Waals surface area contributed by atoms with Gasteiger partial charge in [0, 0.05) is 25.0 Å². The summed E-state index contributed by atoms with van der Waals surface area (Å²) in [4.78, 5) is 24.7. The van der Waals surface area contributed by atoms with E-state index in [0.29, 0.717) is 23.5 Å². The first-order valence-corrected chi connectivity index (χ1v) is 10.7. The quantitative estimate of drug-likeness (QED) is 0.493. The molecular weight excluding hydrogens is 404 g/mol. The number of hydrogen-bond donors (Lipinski definition) is 0. The molecule has 1 atom stereocenters. The van der Waals surface area contributed by atoms with Crippen molar-refractivity contribution in [2.45, 2.75) is 57.8 Å². The lowest BCUT2D eigenvalue weighted by Crippen LogP contribution is -2.23. The standard InChI is InChI=1S/C23H29F2N3O3/c1-4-14(11-19(29)17-12-27-23(31-3)28-13-17)15-5-7-16(8-6-15)18-9-10-26-22(30-2)20(18)21(24)25/h9-10,12-16,21H,4-8,11H2,1-3H3/t14-,15?,16?/m0/s1. The largest absolute Gasteiger partial charge is 0.481 e. The van der Waals surface area contributed by atoms with E-state index in [1.54, 1.807) is 6.07 Å². The van der Waals surface area contributed by atoms with Gasteiger partial charge in [0.05, 0.1) is 25.3 Å². The van der Waals surface area contributed by atoms with Crippen molar-refractivity contribution < 1.29 is 23.0 Å². The van der Waals surface area contributed by atoms with Gasteiger partial charge in [-0.25, -0.2) is 23.7 Å². The van der Waals surface area contributed by atoms with E-state index in [9.17, 15) is 13.6 Å². The predicted molar refractivity (Wildman–Crippen MR) is 112 cm³/mol. The Morgan fingerprint density at radius 2 is 1.77 bits per heavy atom. The highest BCUT2D eigenvalue weighted by Gasteiger charge is 2.32. The van der Waals surface area contributed by atoms with Gasteiger partial charge in [-0.05, 0) is 55.1 Å². The molecular formula is C23H29F2N3O3. The molecule has 0 saturated heterocycles. The van der Waals surface area contributed by atoms with Gasteiger partial charge in [-0.2, -0.15) is 0 Å². The molecule has 168 valence electrons. The number of ketones is 1. The minimum Gasteiger partial charge on any atom is -0.481 e. The van der Waals surface area contributed by atoms with Crippen LogP contribution in [0.1, 0.15) is 79.3 Å². The topological polar surface area (TPSA) is 74.2 Å². The number of alkyl halides is 2. The fraction of sp³-hybridized carbons (Fsp3) is 0.565. The van der Waals surface area contributed by atoms with E-state index < -0.39 is 6.43 Å². The van der Waals surface area contributed by atoms with E-state index in [-0.39, 0.29) is 35.1 Å². The number of methoxy groups -OCH3 is 2. The highest BCUT2D eigenvalue weighted by molar-refractivity contribution is 5.95. The predicted octanol–water partition coefficient (Wildman–Crippen LogP) is 5.40. The number of aromatic nitrogens is 3. The zero-order chi connectivity index (χ0) is 22.4. The normalized spacial score (nSPS) is 19.8. The molecule has 1 aliphatic carbocycles. The van der Waals surface area contributed by atoms with Crippen LogP contribution in [0.2, 0.25) is 0 Å². The summed E-state index contributed by atoms with van der Waals surface area (Å²) in [5.74, 6) is 0.726. The van der Waals surface area contributed by atoms with Crippen molar-refractivity contribution in [2.75, 3.05) is 14.2 Å². The third-order valence-corrected chi connectivity index (χ3v) is 6.38. The number of Topliss-reactive ketones (excluding diaryl/α,β-unsaturated/α-hetero) is 1. The monoisotopic (exact) mass is 433 g/mol. The summed E-state index contributed by atoms with van der Waals surface area (Å²) in [5, 5.41) is 0. The zero-order valence-electron chi connectivity index (χ0n) is 18.2. The SMILES string of the molecule is CC[C@@H](CC(=O)c1cnc(OC)nc1)C1CCC(c2ccnc(OC)c2C(F)F)CC1. The van der Waals surface area contributed by atoms with Crippen LogP contribution in [0.15, 0.2) is 24.7 Å². The van der Waals surface area contributed by atoms with Crippen molar-refractivity contribution >= 4 is 5.78 Å². The molecule has 0 bridgehead atoms. The average Bonchev–Trinajstić information content (AvgIpc) is 2.81.